The minimum Gasteiger partial charge on any atom is -0.496 e. The van der Waals surface area contributed by atoms with Gasteiger partial charge in [0.05, 0.1) is 18.7 Å². The number of hydrogen-bond acceptors (Lipinski definition) is 2. The molecule has 0 atom stereocenters. The molecule has 0 aliphatic carbocycles. The van der Waals surface area contributed by atoms with Gasteiger partial charge in [0.15, 0.2) is 0 Å². The average molecular weight is 259 g/mol. The molecule has 0 heterocycles. The smallest absolute Gasteiger partial charge is 0.136 e. The Balaban J connectivity index is 3.24. The quantitative estimate of drug-likeness (QED) is 0.825. The van der Waals surface area contributed by atoms with Gasteiger partial charge in [-0.1, -0.05) is 13.8 Å². The maximum Gasteiger partial charge on any atom is 0.136 e. The van der Waals surface area contributed by atoms with Crippen LogP contribution in [-0.2, 0) is 0 Å². The first-order valence-corrected chi connectivity index (χ1v) is 5.30. The second-order valence-electron chi connectivity index (χ2n) is 3.38. The number of methoxy groups -OCH3 is 2. The molecule has 0 aliphatic rings. The van der Waals surface area contributed by atoms with E-state index in [-0.39, 0.29) is 0 Å². The van der Waals surface area contributed by atoms with Crippen LogP contribution in [-0.4, -0.2) is 14.2 Å². The summed E-state index contributed by atoms with van der Waals surface area (Å²) in [5.74, 6) is 2.11. The molecule has 0 radical (unpaired) electrons. The molecule has 3 heteroatoms. The van der Waals surface area contributed by atoms with Crippen LogP contribution in [0.2, 0.25) is 0 Å². The summed E-state index contributed by atoms with van der Waals surface area (Å²) < 4.78 is 11.5. The van der Waals surface area contributed by atoms with Crippen molar-refractivity contribution in [3.05, 3.63) is 22.2 Å². The monoisotopic (exact) mass is 258 g/mol. The van der Waals surface area contributed by atoms with Crippen molar-refractivity contribution < 1.29 is 9.47 Å². The molecule has 2 nitrogen and oxygen atoms in total. The predicted molar refractivity (Wildman–Crippen MR) is 61.3 cm³/mol. The second-order valence-corrected chi connectivity index (χ2v) is 4.24. The number of ether oxygens (including phenoxy) is 2. The minimum atomic E-state index is 0.437. The van der Waals surface area contributed by atoms with Crippen LogP contribution in [0.4, 0.5) is 0 Å². The van der Waals surface area contributed by atoms with Gasteiger partial charge < -0.3 is 9.47 Å². The summed E-state index contributed by atoms with van der Waals surface area (Å²) in [4.78, 5) is 0. The average Bonchev–Trinajstić information content (AvgIpc) is 2.17. The number of rotatable bonds is 3. The Hall–Kier alpha value is -0.700. The van der Waals surface area contributed by atoms with Crippen molar-refractivity contribution in [2.24, 2.45) is 0 Å². The largest absolute Gasteiger partial charge is 0.496 e. The highest BCUT2D eigenvalue weighted by Gasteiger charge is 2.11. The van der Waals surface area contributed by atoms with Crippen LogP contribution in [0.1, 0.15) is 25.3 Å². The first-order chi connectivity index (χ1) is 6.60. The molecule has 1 aromatic carbocycles. The van der Waals surface area contributed by atoms with Crippen LogP contribution in [0, 0.1) is 0 Å². The predicted octanol–water partition coefficient (Wildman–Crippen LogP) is 3.59. The number of hydrogen-bond donors (Lipinski definition) is 0. The maximum absolute atomic E-state index is 5.30. The summed E-state index contributed by atoms with van der Waals surface area (Å²) in [5, 5.41) is 0. The van der Waals surface area contributed by atoms with E-state index in [2.05, 4.69) is 29.8 Å². The van der Waals surface area contributed by atoms with Gasteiger partial charge in [-0.2, -0.15) is 0 Å². The molecule has 0 unspecified atom stereocenters. The fraction of sp³-hybridized carbons (Fsp3) is 0.455. The third-order valence-electron chi connectivity index (χ3n) is 2.13. The van der Waals surface area contributed by atoms with E-state index >= 15 is 0 Å². The third kappa shape index (κ3) is 2.21. The Morgan fingerprint density at radius 2 is 1.64 bits per heavy atom. The zero-order chi connectivity index (χ0) is 10.7. The highest BCUT2D eigenvalue weighted by Crippen LogP contribution is 2.36. The molecule has 0 aliphatic heterocycles. The SMILES string of the molecule is COc1cc(OC)c(C(C)C)cc1Br. The van der Waals surface area contributed by atoms with E-state index < -0.39 is 0 Å². The third-order valence-corrected chi connectivity index (χ3v) is 2.75. The Morgan fingerprint density at radius 3 is 2.07 bits per heavy atom. The molecule has 0 spiro atoms. The summed E-state index contributed by atoms with van der Waals surface area (Å²) >= 11 is 3.46. The van der Waals surface area contributed by atoms with E-state index in [0.717, 1.165) is 16.0 Å². The Kier molecular flexibility index (Phi) is 3.81. The van der Waals surface area contributed by atoms with E-state index in [1.54, 1.807) is 14.2 Å². The van der Waals surface area contributed by atoms with E-state index in [0.29, 0.717) is 5.92 Å². The highest BCUT2D eigenvalue weighted by atomic mass is 79.9. The highest BCUT2D eigenvalue weighted by molar-refractivity contribution is 9.10. The van der Waals surface area contributed by atoms with Gasteiger partial charge in [-0.05, 0) is 33.5 Å². The summed E-state index contributed by atoms with van der Waals surface area (Å²) in [6.45, 7) is 4.27. The molecule has 0 fully saturated rings. The molecule has 1 rings (SSSR count). The summed E-state index contributed by atoms with van der Waals surface area (Å²) in [7, 11) is 3.32. The Labute approximate surface area is 93.4 Å². The number of halogens is 1. The molecular weight excluding hydrogens is 244 g/mol. The van der Waals surface area contributed by atoms with E-state index in [9.17, 15) is 0 Å². The van der Waals surface area contributed by atoms with Crippen LogP contribution < -0.4 is 9.47 Å². The van der Waals surface area contributed by atoms with Gasteiger partial charge in [0.25, 0.3) is 0 Å². The molecule has 0 aromatic heterocycles. The van der Waals surface area contributed by atoms with Crippen molar-refractivity contribution in [3.8, 4) is 11.5 Å². The van der Waals surface area contributed by atoms with Gasteiger partial charge in [0.2, 0.25) is 0 Å². The molecular formula is C11H15BrO2. The summed E-state index contributed by atoms with van der Waals surface area (Å²) in [6, 6.07) is 3.95. The minimum absolute atomic E-state index is 0.437. The fourth-order valence-electron chi connectivity index (χ4n) is 1.33. The van der Waals surface area contributed by atoms with Gasteiger partial charge in [-0.15, -0.1) is 0 Å². The van der Waals surface area contributed by atoms with Crippen molar-refractivity contribution in [2.75, 3.05) is 14.2 Å². The van der Waals surface area contributed by atoms with Gasteiger partial charge in [-0.3, -0.25) is 0 Å². The van der Waals surface area contributed by atoms with Crippen molar-refractivity contribution in [3.63, 3.8) is 0 Å². The molecule has 0 bridgehead atoms. The molecule has 78 valence electrons. The van der Waals surface area contributed by atoms with Gasteiger partial charge in [0.1, 0.15) is 11.5 Å². The fourth-order valence-corrected chi connectivity index (χ4v) is 1.86. The first-order valence-electron chi connectivity index (χ1n) is 4.51. The Bertz CT molecular complexity index is 321. The molecule has 0 amide bonds. The normalized spacial score (nSPS) is 10.4. The molecule has 0 N–H and O–H groups in total. The van der Waals surface area contributed by atoms with Gasteiger partial charge >= 0.3 is 0 Å². The van der Waals surface area contributed by atoms with Crippen LogP contribution in [0.3, 0.4) is 0 Å². The summed E-state index contributed by atoms with van der Waals surface area (Å²) in [5.41, 5.74) is 1.18. The van der Waals surface area contributed by atoms with Crippen LogP contribution in [0.5, 0.6) is 11.5 Å². The number of benzene rings is 1. The van der Waals surface area contributed by atoms with E-state index in [1.165, 1.54) is 5.56 Å². The van der Waals surface area contributed by atoms with E-state index in [4.69, 9.17) is 9.47 Å². The molecule has 0 saturated carbocycles. The molecule has 1 aromatic rings. The van der Waals surface area contributed by atoms with Crippen molar-refractivity contribution in [1.29, 1.82) is 0 Å². The lowest BCUT2D eigenvalue weighted by Gasteiger charge is -2.14. The second kappa shape index (κ2) is 4.69. The zero-order valence-electron chi connectivity index (χ0n) is 8.93. The topological polar surface area (TPSA) is 18.5 Å². The van der Waals surface area contributed by atoms with Crippen LogP contribution >= 0.6 is 15.9 Å². The van der Waals surface area contributed by atoms with Gasteiger partial charge in [-0.25, -0.2) is 0 Å². The lowest BCUT2D eigenvalue weighted by atomic mass is 10.0. The summed E-state index contributed by atoms with van der Waals surface area (Å²) in [6.07, 6.45) is 0. The van der Waals surface area contributed by atoms with E-state index in [1.807, 2.05) is 12.1 Å². The van der Waals surface area contributed by atoms with Gasteiger partial charge in [0, 0.05) is 6.07 Å². The standard InChI is InChI=1S/C11H15BrO2/c1-7(2)8-5-9(12)11(14-4)6-10(8)13-3/h5-7H,1-4H3. The lowest BCUT2D eigenvalue weighted by molar-refractivity contribution is 0.388. The van der Waals surface area contributed by atoms with Crippen LogP contribution in [0.15, 0.2) is 16.6 Å². The maximum atomic E-state index is 5.30. The zero-order valence-corrected chi connectivity index (χ0v) is 10.5. The van der Waals surface area contributed by atoms with Crippen molar-refractivity contribution >= 4 is 15.9 Å². The van der Waals surface area contributed by atoms with Crippen molar-refractivity contribution in [2.45, 2.75) is 19.8 Å². The molecule has 0 saturated heterocycles. The van der Waals surface area contributed by atoms with Crippen LogP contribution in [0.25, 0.3) is 0 Å². The lowest BCUT2D eigenvalue weighted by Crippen LogP contribution is -1.96. The first kappa shape index (κ1) is 11.4. The Morgan fingerprint density at radius 1 is 1.07 bits per heavy atom. The van der Waals surface area contributed by atoms with Crippen molar-refractivity contribution in [1.82, 2.24) is 0 Å². The molecule has 14 heavy (non-hydrogen) atoms.